The number of nitrogens with zero attached hydrogens (tertiary/aromatic N) is 2. The largest absolute Gasteiger partial charge is 0.330 e. The van der Waals surface area contributed by atoms with E-state index >= 15 is 0 Å². The van der Waals surface area contributed by atoms with E-state index in [0.29, 0.717) is 41.3 Å². The number of rotatable bonds is 5. The van der Waals surface area contributed by atoms with Crippen molar-refractivity contribution in [3.63, 3.8) is 0 Å². The molecular formula is C19H18ClN3O. The van der Waals surface area contributed by atoms with E-state index in [4.69, 9.17) is 17.3 Å². The first-order chi connectivity index (χ1) is 11.7. The van der Waals surface area contributed by atoms with E-state index in [0.717, 1.165) is 5.56 Å². The van der Waals surface area contributed by atoms with Gasteiger partial charge >= 0.3 is 0 Å². The molecule has 5 heteroatoms. The molecule has 4 nitrogen and oxygen atoms in total. The summed E-state index contributed by atoms with van der Waals surface area (Å²) in [6.07, 6.45) is 4.51. The fourth-order valence-corrected chi connectivity index (χ4v) is 2.71. The summed E-state index contributed by atoms with van der Waals surface area (Å²) in [5.74, 6) is 0.604. The van der Waals surface area contributed by atoms with Gasteiger partial charge in [-0.1, -0.05) is 48.0 Å². The van der Waals surface area contributed by atoms with Gasteiger partial charge in [0.2, 0.25) is 0 Å². The van der Waals surface area contributed by atoms with Gasteiger partial charge in [-0.3, -0.25) is 9.36 Å². The number of hydrogen-bond acceptors (Lipinski definition) is 3. The minimum Gasteiger partial charge on any atom is -0.330 e. The van der Waals surface area contributed by atoms with Crippen LogP contribution in [0.1, 0.15) is 17.8 Å². The molecule has 0 aliphatic heterocycles. The Kier molecular flexibility index (Phi) is 5.08. The van der Waals surface area contributed by atoms with Crippen LogP contribution in [0.4, 0.5) is 0 Å². The van der Waals surface area contributed by atoms with Crippen molar-refractivity contribution in [2.45, 2.75) is 13.0 Å². The van der Waals surface area contributed by atoms with Crippen molar-refractivity contribution in [2.75, 3.05) is 6.54 Å². The van der Waals surface area contributed by atoms with Crippen LogP contribution in [-0.4, -0.2) is 16.1 Å². The van der Waals surface area contributed by atoms with E-state index < -0.39 is 0 Å². The van der Waals surface area contributed by atoms with Crippen molar-refractivity contribution in [2.24, 2.45) is 5.73 Å². The average molecular weight is 340 g/mol. The van der Waals surface area contributed by atoms with Crippen LogP contribution in [0.15, 0.2) is 53.3 Å². The first kappa shape index (κ1) is 16.4. The molecule has 24 heavy (non-hydrogen) atoms. The lowest BCUT2D eigenvalue weighted by Crippen LogP contribution is -2.25. The monoisotopic (exact) mass is 339 g/mol. The SMILES string of the molecule is NCCCn1c(C=Cc2ccccc2)nc2cc(Cl)ccc2c1=O. The lowest BCUT2D eigenvalue weighted by molar-refractivity contribution is 0.619. The lowest BCUT2D eigenvalue weighted by Gasteiger charge is -2.11. The van der Waals surface area contributed by atoms with Crippen LogP contribution < -0.4 is 11.3 Å². The van der Waals surface area contributed by atoms with E-state index in [1.807, 2.05) is 42.5 Å². The van der Waals surface area contributed by atoms with E-state index in [1.54, 1.807) is 22.8 Å². The second-order valence-corrected chi connectivity index (χ2v) is 5.91. The van der Waals surface area contributed by atoms with Crippen molar-refractivity contribution in [1.82, 2.24) is 9.55 Å². The molecule has 2 aromatic carbocycles. The van der Waals surface area contributed by atoms with Crippen LogP contribution in [0.25, 0.3) is 23.1 Å². The zero-order valence-corrected chi connectivity index (χ0v) is 13.9. The Morgan fingerprint density at radius 2 is 1.92 bits per heavy atom. The predicted molar refractivity (Wildman–Crippen MR) is 100 cm³/mol. The molecule has 0 aliphatic carbocycles. The molecule has 0 bridgehead atoms. The summed E-state index contributed by atoms with van der Waals surface area (Å²) >= 11 is 6.04. The van der Waals surface area contributed by atoms with Gasteiger partial charge in [0, 0.05) is 11.6 Å². The van der Waals surface area contributed by atoms with Crippen LogP contribution in [0.3, 0.4) is 0 Å². The molecule has 1 heterocycles. The molecule has 3 aromatic rings. The van der Waals surface area contributed by atoms with Crippen molar-refractivity contribution in [3.8, 4) is 0 Å². The number of benzene rings is 2. The third-order valence-electron chi connectivity index (χ3n) is 3.76. The Morgan fingerprint density at radius 1 is 1.12 bits per heavy atom. The summed E-state index contributed by atoms with van der Waals surface area (Å²) in [6, 6.07) is 15.0. The van der Waals surface area contributed by atoms with Gasteiger partial charge in [-0.05, 0) is 42.8 Å². The summed E-state index contributed by atoms with van der Waals surface area (Å²) in [7, 11) is 0. The zero-order chi connectivity index (χ0) is 16.9. The van der Waals surface area contributed by atoms with Crippen LogP contribution in [-0.2, 0) is 6.54 Å². The summed E-state index contributed by atoms with van der Waals surface area (Å²) in [5.41, 5.74) is 7.18. The highest BCUT2D eigenvalue weighted by Crippen LogP contribution is 2.16. The molecule has 1 aromatic heterocycles. The fourth-order valence-electron chi connectivity index (χ4n) is 2.54. The lowest BCUT2D eigenvalue weighted by atomic mass is 10.2. The normalized spacial score (nSPS) is 11.4. The molecule has 2 N–H and O–H groups in total. The maximum atomic E-state index is 12.8. The zero-order valence-electron chi connectivity index (χ0n) is 13.2. The van der Waals surface area contributed by atoms with Crippen LogP contribution >= 0.6 is 11.6 Å². The summed E-state index contributed by atoms with van der Waals surface area (Å²) in [5, 5.41) is 1.13. The van der Waals surface area contributed by atoms with Gasteiger partial charge in [-0.2, -0.15) is 0 Å². The second kappa shape index (κ2) is 7.43. The number of aromatic nitrogens is 2. The Morgan fingerprint density at radius 3 is 2.67 bits per heavy atom. The second-order valence-electron chi connectivity index (χ2n) is 5.47. The molecule has 0 saturated carbocycles. The molecule has 0 aliphatic rings. The first-order valence-electron chi connectivity index (χ1n) is 7.82. The van der Waals surface area contributed by atoms with Crippen molar-refractivity contribution >= 4 is 34.7 Å². The van der Waals surface area contributed by atoms with Gasteiger partial charge in [0.05, 0.1) is 10.9 Å². The van der Waals surface area contributed by atoms with Gasteiger partial charge < -0.3 is 5.73 Å². The molecule has 3 rings (SSSR count). The van der Waals surface area contributed by atoms with Crippen molar-refractivity contribution in [3.05, 3.63) is 75.3 Å². The van der Waals surface area contributed by atoms with Gasteiger partial charge in [0.15, 0.2) is 0 Å². The molecule has 122 valence electrons. The van der Waals surface area contributed by atoms with Crippen LogP contribution in [0, 0.1) is 0 Å². The molecule has 0 fully saturated rings. The van der Waals surface area contributed by atoms with Crippen LogP contribution in [0.2, 0.25) is 5.02 Å². The highest BCUT2D eigenvalue weighted by Gasteiger charge is 2.09. The summed E-state index contributed by atoms with van der Waals surface area (Å²) < 4.78 is 1.67. The minimum absolute atomic E-state index is 0.0715. The van der Waals surface area contributed by atoms with Crippen LogP contribution in [0.5, 0.6) is 0 Å². The van der Waals surface area contributed by atoms with E-state index in [-0.39, 0.29) is 5.56 Å². The number of halogens is 1. The van der Waals surface area contributed by atoms with Gasteiger partial charge in [-0.25, -0.2) is 4.98 Å². The molecule has 0 amide bonds. The van der Waals surface area contributed by atoms with Gasteiger partial charge in [-0.15, -0.1) is 0 Å². The maximum Gasteiger partial charge on any atom is 0.261 e. The highest BCUT2D eigenvalue weighted by atomic mass is 35.5. The molecule has 0 unspecified atom stereocenters. The quantitative estimate of drug-likeness (QED) is 0.773. The molecule has 0 spiro atoms. The number of hydrogen-bond donors (Lipinski definition) is 1. The summed E-state index contributed by atoms with van der Waals surface area (Å²) in [4.78, 5) is 17.4. The maximum absolute atomic E-state index is 12.8. The predicted octanol–water partition coefficient (Wildman–Crippen LogP) is 3.57. The standard InChI is InChI=1S/C19H18ClN3O/c20-15-8-9-16-17(13-15)22-18(23(19(16)24)12-4-11-21)10-7-14-5-2-1-3-6-14/h1-3,5-10,13H,4,11-12,21H2. The minimum atomic E-state index is -0.0715. The fraction of sp³-hybridized carbons (Fsp3) is 0.158. The Labute approximate surface area is 145 Å². The van der Waals surface area contributed by atoms with Gasteiger partial charge in [0.25, 0.3) is 5.56 Å². The topological polar surface area (TPSA) is 60.9 Å². The van der Waals surface area contributed by atoms with E-state index in [9.17, 15) is 4.79 Å². The number of fused-ring (bicyclic) bond motifs is 1. The van der Waals surface area contributed by atoms with E-state index in [1.165, 1.54) is 0 Å². The van der Waals surface area contributed by atoms with E-state index in [2.05, 4.69) is 4.98 Å². The molecule has 0 saturated heterocycles. The number of nitrogens with two attached hydrogens (primary N) is 1. The Balaban J connectivity index is 2.12. The Hall–Kier alpha value is -2.43. The van der Waals surface area contributed by atoms with Crippen molar-refractivity contribution < 1.29 is 0 Å². The smallest absolute Gasteiger partial charge is 0.261 e. The average Bonchev–Trinajstić information content (AvgIpc) is 2.60. The van der Waals surface area contributed by atoms with Gasteiger partial charge in [0.1, 0.15) is 5.82 Å². The highest BCUT2D eigenvalue weighted by molar-refractivity contribution is 6.31. The van der Waals surface area contributed by atoms with Crippen molar-refractivity contribution in [1.29, 1.82) is 0 Å². The first-order valence-corrected chi connectivity index (χ1v) is 8.20. The third kappa shape index (κ3) is 3.55. The Bertz CT molecular complexity index is 932. The molecule has 0 radical (unpaired) electrons. The summed E-state index contributed by atoms with van der Waals surface area (Å²) in [6.45, 7) is 1.06. The third-order valence-corrected chi connectivity index (χ3v) is 3.99. The molecular weight excluding hydrogens is 322 g/mol. The molecule has 0 atom stereocenters.